The zero-order valence-electron chi connectivity index (χ0n) is 19.0. The number of hydrogen-bond acceptors (Lipinski definition) is 5. The summed E-state index contributed by atoms with van der Waals surface area (Å²) in [7, 11) is 1.66. The number of anilines is 2. The molecule has 1 aliphatic rings. The van der Waals surface area contributed by atoms with Gasteiger partial charge in [-0.25, -0.2) is 9.36 Å². The average Bonchev–Trinajstić information content (AvgIpc) is 3.54. The Morgan fingerprint density at radius 1 is 1.22 bits per heavy atom. The van der Waals surface area contributed by atoms with Gasteiger partial charge in [0.25, 0.3) is 11.5 Å². The Hall–Kier alpha value is -3.51. The van der Waals surface area contributed by atoms with E-state index in [1.54, 1.807) is 66.5 Å². The second-order valence-corrected chi connectivity index (χ2v) is 9.71. The van der Waals surface area contributed by atoms with Crippen LogP contribution < -0.4 is 16.2 Å². The molecule has 0 saturated carbocycles. The summed E-state index contributed by atoms with van der Waals surface area (Å²) in [5, 5.41) is 11.0. The lowest BCUT2D eigenvalue weighted by atomic mass is 10.0. The van der Waals surface area contributed by atoms with Gasteiger partial charge in [0.2, 0.25) is 0 Å². The minimum Gasteiger partial charge on any atom is -0.361 e. The van der Waals surface area contributed by atoms with Gasteiger partial charge < -0.3 is 10.6 Å². The van der Waals surface area contributed by atoms with E-state index in [2.05, 4.69) is 15.7 Å². The van der Waals surface area contributed by atoms with Crippen molar-refractivity contribution >= 4 is 40.4 Å². The number of benzene rings is 1. The molecule has 2 atom stereocenters. The number of fused-ring (bicyclic) bond motifs is 1. The molecular formula is C23H20ClF3N6O2S. The van der Waals surface area contributed by atoms with Crippen LogP contribution in [-0.2, 0) is 7.05 Å². The molecule has 2 N–H and O–H groups in total. The number of halogens is 4. The molecule has 1 aliphatic heterocycles. The van der Waals surface area contributed by atoms with Crippen LogP contribution in [0.1, 0.15) is 39.6 Å². The Kier molecular flexibility index (Phi) is 5.95. The first-order valence-corrected chi connectivity index (χ1v) is 12.1. The Labute approximate surface area is 211 Å². The number of hydrogen-bond donors (Lipinski definition) is 2. The quantitative estimate of drug-likeness (QED) is 0.370. The molecule has 0 fully saturated rings. The maximum atomic E-state index is 14.0. The maximum absolute atomic E-state index is 14.0. The molecule has 0 aliphatic carbocycles. The zero-order valence-corrected chi connectivity index (χ0v) is 20.6. The Morgan fingerprint density at radius 3 is 2.58 bits per heavy atom. The van der Waals surface area contributed by atoms with E-state index in [9.17, 15) is 22.8 Å². The van der Waals surface area contributed by atoms with E-state index in [4.69, 9.17) is 11.6 Å². The van der Waals surface area contributed by atoms with E-state index in [1.165, 1.54) is 16.0 Å². The van der Waals surface area contributed by atoms with Crippen molar-refractivity contribution in [2.24, 2.45) is 7.05 Å². The van der Waals surface area contributed by atoms with Crippen molar-refractivity contribution in [1.82, 2.24) is 19.1 Å². The largest absolute Gasteiger partial charge is 0.410 e. The molecule has 4 heterocycles. The van der Waals surface area contributed by atoms with Gasteiger partial charge in [-0.15, -0.1) is 11.3 Å². The smallest absolute Gasteiger partial charge is 0.361 e. The van der Waals surface area contributed by atoms with Crippen LogP contribution in [-0.4, -0.2) is 31.2 Å². The number of aromatic nitrogens is 4. The van der Waals surface area contributed by atoms with Crippen LogP contribution in [0.4, 0.5) is 24.7 Å². The van der Waals surface area contributed by atoms with Gasteiger partial charge in [0, 0.05) is 18.3 Å². The first kappa shape index (κ1) is 24.2. The SMILES string of the molecule is Cc1c(NC(=O)c2nn3c(c2Cl)N[C@@H](c2cccs2)C[C@H]3C(F)(F)F)c(=O)n(-c2ccccc2)n1C. The first-order chi connectivity index (χ1) is 17.1. The summed E-state index contributed by atoms with van der Waals surface area (Å²) in [4.78, 5) is 27.0. The molecule has 188 valence electrons. The van der Waals surface area contributed by atoms with E-state index >= 15 is 0 Å². The Morgan fingerprint density at radius 2 is 1.94 bits per heavy atom. The average molecular weight is 537 g/mol. The van der Waals surface area contributed by atoms with Crippen LogP contribution in [0.15, 0.2) is 52.6 Å². The number of amides is 1. The van der Waals surface area contributed by atoms with Gasteiger partial charge >= 0.3 is 6.18 Å². The second-order valence-electron chi connectivity index (χ2n) is 8.35. The number of para-hydroxylation sites is 1. The predicted octanol–water partition coefficient (Wildman–Crippen LogP) is 5.31. The lowest BCUT2D eigenvalue weighted by Crippen LogP contribution is -2.35. The molecular weight excluding hydrogens is 517 g/mol. The number of thiophene rings is 1. The second kappa shape index (κ2) is 8.86. The van der Waals surface area contributed by atoms with Crippen molar-refractivity contribution in [3.05, 3.63) is 79.5 Å². The molecule has 1 aromatic carbocycles. The number of carbonyl (C=O) groups excluding carboxylic acids is 1. The zero-order chi connectivity index (χ0) is 25.8. The fraction of sp³-hybridized carbons (Fsp3) is 0.261. The molecule has 8 nitrogen and oxygen atoms in total. The molecule has 1 amide bonds. The summed E-state index contributed by atoms with van der Waals surface area (Å²) in [6.07, 6.45) is -4.93. The van der Waals surface area contributed by atoms with E-state index in [0.717, 1.165) is 0 Å². The van der Waals surface area contributed by atoms with Gasteiger partial charge in [0.15, 0.2) is 11.7 Å². The molecule has 0 radical (unpaired) electrons. The molecule has 0 unspecified atom stereocenters. The van der Waals surface area contributed by atoms with Crippen LogP contribution in [0, 0.1) is 6.92 Å². The number of nitrogens with one attached hydrogen (secondary N) is 2. The first-order valence-electron chi connectivity index (χ1n) is 10.9. The summed E-state index contributed by atoms with van der Waals surface area (Å²) in [6.45, 7) is 1.64. The third kappa shape index (κ3) is 3.99. The molecule has 13 heteroatoms. The van der Waals surface area contributed by atoms with Crippen molar-refractivity contribution in [3.63, 3.8) is 0 Å². The molecule has 0 saturated heterocycles. The van der Waals surface area contributed by atoms with E-state index in [-0.39, 0.29) is 22.9 Å². The minimum atomic E-state index is -4.62. The van der Waals surface area contributed by atoms with Crippen molar-refractivity contribution in [2.75, 3.05) is 10.6 Å². The van der Waals surface area contributed by atoms with Gasteiger partial charge in [-0.1, -0.05) is 35.9 Å². The highest BCUT2D eigenvalue weighted by Crippen LogP contribution is 2.46. The topological polar surface area (TPSA) is 85.9 Å². The maximum Gasteiger partial charge on any atom is 0.410 e. The van der Waals surface area contributed by atoms with Crippen LogP contribution >= 0.6 is 22.9 Å². The number of rotatable bonds is 4. The van der Waals surface area contributed by atoms with Crippen molar-refractivity contribution in [1.29, 1.82) is 0 Å². The standard InChI is InChI=1S/C23H20ClF3N6O2S/c1-12-18(22(35)33(31(12)2)13-7-4-3-5-8-13)29-21(34)19-17(24)20-28-14(15-9-6-10-36-15)11-16(23(25,26)27)32(20)30-19/h3-10,14,16,28H,11H2,1-2H3,(H,29,34)/t14-,16+/m1/s1. The van der Waals surface area contributed by atoms with Gasteiger partial charge in [-0.05, 0) is 30.5 Å². The van der Waals surface area contributed by atoms with Crippen LogP contribution in [0.3, 0.4) is 0 Å². The third-order valence-corrected chi connectivity index (χ3v) is 7.53. The van der Waals surface area contributed by atoms with Crippen LogP contribution in [0.25, 0.3) is 5.69 Å². The monoisotopic (exact) mass is 536 g/mol. The molecule has 0 spiro atoms. The van der Waals surface area contributed by atoms with E-state index < -0.39 is 35.4 Å². The van der Waals surface area contributed by atoms with Crippen LogP contribution in [0.5, 0.6) is 0 Å². The summed E-state index contributed by atoms with van der Waals surface area (Å²) < 4.78 is 45.5. The fourth-order valence-electron chi connectivity index (χ4n) is 4.30. The number of alkyl halides is 3. The Bertz CT molecular complexity index is 1490. The highest BCUT2D eigenvalue weighted by molar-refractivity contribution is 7.10. The molecule has 0 bridgehead atoms. The van der Waals surface area contributed by atoms with Crippen molar-refractivity contribution in [2.45, 2.75) is 31.6 Å². The normalized spacial score (nSPS) is 17.5. The molecule has 3 aromatic heterocycles. The van der Waals surface area contributed by atoms with E-state index in [0.29, 0.717) is 20.9 Å². The summed E-state index contributed by atoms with van der Waals surface area (Å²) in [5.74, 6) is -0.983. The lowest BCUT2D eigenvalue weighted by molar-refractivity contribution is -0.173. The summed E-state index contributed by atoms with van der Waals surface area (Å²) >= 11 is 7.72. The lowest BCUT2D eigenvalue weighted by Gasteiger charge is -2.32. The summed E-state index contributed by atoms with van der Waals surface area (Å²) in [5.41, 5.74) is 0.0975. The summed E-state index contributed by atoms with van der Waals surface area (Å²) in [6, 6.07) is 9.68. The molecule has 36 heavy (non-hydrogen) atoms. The van der Waals surface area contributed by atoms with E-state index in [1.807, 2.05) is 0 Å². The van der Waals surface area contributed by atoms with Gasteiger partial charge in [-0.2, -0.15) is 18.3 Å². The minimum absolute atomic E-state index is 0.0230. The fourth-order valence-corrected chi connectivity index (χ4v) is 5.35. The van der Waals surface area contributed by atoms with Crippen LogP contribution in [0.2, 0.25) is 5.02 Å². The number of nitrogens with zero attached hydrogens (tertiary/aromatic N) is 4. The third-order valence-electron chi connectivity index (χ3n) is 6.19. The van der Waals surface area contributed by atoms with Gasteiger partial charge in [0.05, 0.1) is 17.4 Å². The van der Waals surface area contributed by atoms with Crippen molar-refractivity contribution < 1.29 is 18.0 Å². The highest BCUT2D eigenvalue weighted by Gasteiger charge is 2.48. The van der Waals surface area contributed by atoms with Gasteiger partial charge in [0.1, 0.15) is 16.5 Å². The van der Waals surface area contributed by atoms with Gasteiger partial charge in [-0.3, -0.25) is 14.3 Å². The predicted molar refractivity (Wildman–Crippen MR) is 131 cm³/mol. The number of carbonyl (C=O) groups is 1. The molecule has 4 aromatic rings. The molecule has 5 rings (SSSR count). The van der Waals surface area contributed by atoms with Crippen molar-refractivity contribution in [3.8, 4) is 5.69 Å². The Balaban J connectivity index is 1.52. The highest BCUT2D eigenvalue weighted by atomic mass is 35.5.